The van der Waals surface area contributed by atoms with Gasteiger partial charge >= 0.3 is 0 Å². The van der Waals surface area contributed by atoms with Crippen LogP contribution in [0.2, 0.25) is 0 Å². The van der Waals surface area contributed by atoms with Crippen LogP contribution in [0.4, 0.5) is 17.1 Å². The quantitative estimate of drug-likeness (QED) is 0.174. The Morgan fingerprint density at radius 3 is 1.28 bits per heavy atom. The van der Waals surface area contributed by atoms with Crippen molar-refractivity contribution in [2.45, 2.75) is 38.5 Å². The molecule has 0 saturated heterocycles. The van der Waals surface area contributed by atoms with Crippen LogP contribution in [0.1, 0.15) is 49.9 Å². The Balaban J connectivity index is 0.000000132. The molecule has 280 valence electrons. The van der Waals surface area contributed by atoms with Crippen molar-refractivity contribution in [3.63, 3.8) is 0 Å². The van der Waals surface area contributed by atoms with Gasteiger partial charge in [0.15, 0.2) is 0 Å². The smallest absolute Gasteiger partial charge is 0.0387 e. The molecule has 2 aliphatic carbocycles. The molecule has 8 aromatic rings. The number of hydrogen-bond acceptors (Lipinski definition) is 2. The van der Waals surface area contributed by atoms with Crippen molar-refractivity contribution in [2.75, 3.05) is 11.1 Å². The number of nitrogens with one attached hydrogen (secondary N) is 1. The first-order valence-electron chi connectivity index (χ1n) is 19.6. The van der Waals surface area contributed by atoms with Gasteiger partial charge in [-0.05, 0) is 115 Å². The highest BCUT2D eigenvalue weighted by molar-refractivity contribution is 9.10. The van der Waals surface area contributed by atoms with Crippen LogP contribution in [0.5, 0.6) is 0 Å². The van der Waals surface area contributed by atoms with Crippen LogP contribution in [-0.4, -0.2) is 0 Å². The van der Waals surface area contributed by atoms with Crippen molar-refractivity contribution < 1.29 is 0 Å². The largest absolute Gasteiger partial charge is 0.399 e. The Morgan fingerprint density at radius 2 is 0.754 bits per heavy atom. The third kappa shape index (κ3) is 7.68. The molecule has 10 rings (SSSR count). The van der Waals surface area contributed by atoms with E-state index in [1.54, 1.807) is 0 Å². The highest BCUT2D eigenvalue weighted by Crippen LogP contribution is 2.50. The van der Waals surface area contributed by atoms with E-state index in [4.69, 9.17) is 5.73 Å². The van der Waals surface area contributed by atoms with Gasteiger partial charge in [-0.2, -0.15) is 0 Å². The highest BCUT2D eigenvalue weighted by Gasteiger charge is 2.36. The van der Waals surface area contributed by atoms with E-state index in [-0.39, 0.29) is 10.8 Å². The van der Waals surface area contributed by atoms with Gasteiger partial charge in [0.1, 0.15) is 0 Å². The molecule has 0 unspecified atom stereocenters. The molecule has 3 N–H and O–H groups in total. The maximum absolute atomic E-state index is 5.89. The molecule has 0 heterocycles. The number of nitrogen functional groups attached to an aromatic ring is 1. The summed E-state index contributed by atoms with van der Waals surface area (Å²) >= 11 is 3.42. The van der Waals surface area contributed by atoms with Gasteiger partial charge in [0.05, 0.1) is 0 Å². The fourth-order valence-electron chi connectivity index (χ4n) is 8.32. The molecule has 0 aliphatic heterocycles. The van der Waals surface area contributed by atoms with Crippen LogP contribution in [0.3, 0.4) is 0 Å². The molecule has 8 aromatic carbocycles. The van der Waals surface area contributed by atoms with E-state index >= 15 is 0 Å². The molecule has 0 aromatic heterocycles. The number of rotatable bonds is 4. The number of benzene rings is 8. The third-order valence-electron chi connectivity index (χ3n) is 11.4. The zero-order valence-electron chi connectivity index (χ0n) is 32.9. The second kappa shape index (κ2) is 15.8. The molecule has 0 saturated carbocycles. The van der Waals surface area contributed by atoms with Crippen LogP contribution >= 0.6 is 15.9 Å². The fourth-order valence-corrected chi connectivity index (χ4v) is 8.58. The lowest BCUT2D eigenvalue weighted by Crippen LogP contribution is -2.15. The Labute approximate surface area is 346 Å². The van der Waals surface area contributed by atoms with E-state index in [1.165, 1.54) is 66.8 Å². The summed E-state index contributed by atoms with van der Waals surface area (Å²) in [4.78, 5) is 0. The molecule has 2 nitrogen and oxygen atoms in total. The van der Waals surface area contributed by atoms with Gasteiger partial charge in [0.2, 0.25) is 0 Å². The lowest BCUT2D eigenvalue weighted by Gasteiger charge is -2.22. The van der Waals surface area contributed by atoms with Gasteiger partial charge in [0.25, 0.3) is 0 Å². The van der Waals surface area contributed by atoms with Crippen molar-refractivity contribution in [2.24, 2.45) is 0 Å². The average Bonchev–Trinajstić information content (AvgIpc) is 3.61. The van der Waals surface area contributed by atoms with Gasteiger partial charge in [-0.1, -0.05) is 189 Å². The van der Waals surface area contributed by atoms with Gasteiger partial charge < -0.3 is 11.1 Å². The summed E-state index contributed by atoms with van der Waals surface area (Å²) in [6, 6.07) is 68.2. The molecule has 2 aliphatic rings. The first-order valence-corrected chi connectivity index (χ1v) is 20.4. The number of nitrogens with two attached hydrogens (primary N) is 1. The minimum atomic E-state index is 0.0286. The second-order valence-corrected chi connectivity index (χ2v) is 16.8. The first-order chi connectivity index (χ1) is 27.6. The summed E-state index contributed by atoms with van der Waals surface area (Å²) in [7, 11) is 0. The molecular formula is C54H47BrN2. The Hall–Kier alpha value is -6.16. The molecule has 0 radical (unpaired) electrons. The van der Waals surface area contributed by atoms with E-state index in [1.807, 2.05) is 18.2 Å². The molecule has 0 spiro atoms. The standard InChI is InChI=1S/C27H23N.C15H15N.C12H9Br/c1-27(2)25-11-7-6-10-23(25)24-17-16-22(18-26(24)27)28-21-14-12-20(13-15-21)19-8-4-3-5-9-19;1-15(2)13-6-4-3-5-11(13)12-8-7-10(16)9-14(12)15;13-12-8-6-11(7-9-12)10-4-2-1-3-5-10/h3-18,28H,1-2H3;3-9H,16H2,1-2H3;1-9H. The Kier molecular flexibility index (Phi) is 10.4. The van der Waals surface area contributed by atoms with Crippen LogP contribution in [-0.2, 0) is 10.8 Å². The van der Waals surface area contributed by atoms with Crippen molar-refractivity contribution in [1.82, 2.24) is 0 Å². The van der Waals surface area contributed by atoms with Gasteiger partial charge in [-0.3, -0.25) is 0 Å². The SMILES string of the molecule is Brc1ccc(-c2ccccc2)cc1.CC1(C)c2ccccc2-c2ccc(N)cc21.CC1(C)c2ccccc2-c2ccc(Nc3ccc(-c4ccccc4)cc3)cc21. The number of anilines is 3. The predicted molar refractivity (Wildman–Crippen MR) is 247 cm³/mol. The van der Waals surface area contributed by atoms with Crippen molar-refractivity contribution in [3.8, 4) is 44.5 Å². The Bertz CT molecular complexity index is 2640. The van der Waals surface area contributed by atoms with E-state index in [0.717, 1.165) is 21.5 Å². The molecule has 57 heavy (non-hydrogen) atoms. The van der Waals surface area contributed by atoms with Crippen LogP contribution < -0.4 is 11.1 Å². The van der Waals surface area contributed by atoms with Crippen molar-refractivity contribution in [1.29, 1.82) is 0 Å². The summed E-state index contributed by atoms with van der Waals surface area (Å²) in [6.45, 7) is 9.15. The summed E-state index contributed by atoms with van der Waals surface area (Å²) < 4.78 is 1.12. The van der Waals surface area contributed by atoms with Crippen LogP contribution in [0.15, 0.2) is 199 Å². The van der Waals surface area contributed by atoms with E-state index in [9.17, 15) is 0 Å². The normalized spacial score (nSPS) is 13.4. The van der Waals surface area contributed by atoms with Crippen LogP contribution in [0, 0.1) is 0 Å². The zero-order valence-corrected chi connectivity index (χ0v) is 34.5. The zero-order chi connectivity index (χ0) is 39.6. The molecule has 3 heteroatoms. The summed E-state index contributed by atoms with van der Waals surface area (Å²) in [6.07, 6.45) is 0. The average molecular weight is 804 g/mol. The second-order valence-electron chi connectivity index (χ2n) is 15.8. The van der Waals surface area contributed by atoms with E-state index < -0.39 is 0 Å². The maximum atomic E-state index is 5.89. The molecule has 0 bridgehead atoms. The van der Waals surface area contributed by atoms with Crippen molar-refractivity contribution in [3.05, 3.63) is 221 Å². The lowest BCUT2D eigenvalue weighted by molar-refractivity contribution is 0.660. The minimum absolute atomic E-state index is 0.0286. The minimum Gasteiger partial charge on any atom is -0.399 e. The number of hydrogen-bond donors (Lipinski definition) is 2. The Morgan fingerprint density at radius 1 is 0.368 bits per heavy atom. The molecule has 0 fully saturated rings. The topological polar surface area (TPSA) is 38.0 Å². The highest BCUT2D eigenvalue weighted by atomic mass is 79.9. The first kappa shape index (κ1) is 37.7. The monoisotopic (exact) mass is 802 g/mol. The number of halogens is 1. The predicted octanol–water partition coefficient (Wildman–Crippen LogP) is 15.1. The van der Waals surface area contributed by atoms with Gasteiger partial charge in [-0.25, -0.2) is 0 Å². The molecule has 0 amide bonds. The fraction of sp³-hybridized carbons (Fsp3) is 0.111. The summed E-state index contributed by atoms with van der Waals surface area (Å²) in [5.74, 6) is 0. The van der Waals surface area contributed by atoms with Crippen molar-refractivity contribution >= 4 is 33.0 Å². The van der Waals surface area contributed by atoms with E-state index in [0.29, 0.717) is 0 Å². The third-order valence-corrected chi connectivity index (χ3v) is 12.0. The van der Waals surface area contributed by atoms with Gasteiger partial charge in [-0.15, -0.1) is 0 Å². The summed E-state index contributed by atoms with van der Waals surface area (Å²) in [5.41, 5.74) is 25.0. The van der Waals surface area contributed by atoms with Crippen LogP contribution in [0.25, 0.3) is 44.5 Å². The lowest BCUT2D eigenvalue weighted by atomic mass is 9.82. The van der Waals surface area contributed by atoms with Gasteiger partial charge in [0, 0.05) is 32.4 Å². The summed E-state index contributed by atoms with van der Waals surface area (Å²) in [5, 5.41) is 3.58. The number of fused-ring (bicyclic) bond motifs is 6. The maximum Gasteiger partial charge on any atom is 0.0387 e. The molecular weight excluding hydrogens is 757 g/mol. The molecule has 0 atom stereocenters. The van der Waals surface area contributed by atoms with E-state index in [2.05, 4.69) is 225 Å².